The minimum atomic E-state index is -0.922. The van der Waals surface area contributed by atoms with Crippen LogP contribution in [-0.4, -0.2) is 30.5 Å². The van der Waals surface area contributed by atoms with Crippen LogP contribution in [0.5, 0.6) is 5.75 Å². The predicted octanol–water partition coefficient (Wildman–Crippen LogP) is 4.20. The molecule has 10 heteroatoms. The van der Waals surface area contributed by atoms with Crippen LogP contribution in [0.1, 0.15) is 16.7 Å². The molecule has 0 heterocycles. The summed E-state index contributed by atoms with van der Waals surface area (Å²) in [7, 11) is 0. The average molecular weight is 497 g/mol. The number of benzene rings is 3. The minimum absolute atomic E-state index is 0.106. The normalized spacial score (nSPS) is 10.6. The van der Waals surface area contributed by atoms with E-state index in [1.54, 1.807) is 24.3 Å². The number of hydrazone groups is 1. The summed E-state index contributed by atoms with van der Waals surface area (Å²) in [5.41, 5.74) is 5.31. The molecule has 3 amide bonds. The van der Waals surface area contributed by atoms with E-state index in [2.05, 4.69) is 21.2 Å². The molecule has 0 aliphatic carbocycles. The average Bonchev–Trinajstić information content (AvgIpc) is 2.82. The van der Waals surface area contributed by atoms with E-state index in [1.807, 2.05) is 32.0 Å². The van der Waals surface area contributed by atoms with Crippen molar-refractivity contribution in [2.75, 3.05) is 17.2 Å². The number of carbonyl (C=O) groups excluding carboxylic acids is 3. The molecule has 8 nitrogen and oxygen atoms in total. The highest BCUT2D eigenvalue weighted by molar-refractivity contribution is 6.39. The molecule has 0 aliphatic rings. The lowest BCUT2D eigenvalue weighted by Crippen LogP contribution is -2.32. The molecule has 0 aromatic heterocycles. The molecule has 0 saturated heterocycles. The zero-order chi connectivity index (χ0) is 25.4. The molecule has 3 N–H and O–H groups in total. The van der Waals surface area contributed by atoms with Crippen LogP contribution in [0, 0.1) is 19.7 Å². The molecular formula is C25H22ClFN4O4. The maximum Gasteiger partial charge on any atom is 0.329 e. The summed E-state index contributed by atoms with van der Waals surface area (Å²) in [6, 6.07) is 15.9. The summed E-state index contributed by atoms with van der Waals surface area (Å²) in [6.45, 7) is 3.36. The molecule has 0 spiro atoms. The lowest BCUT2D eigenvalue weighted by molar-refractivity contribution is -0.136. The van der Waals surface area contributed by atoms with E-state index in [4.69, 9.17) is 16.3 Å². The van der Waals surface area contributed by atoms with Gasteiger partial charge in [0.05, 0.1) is 11.2 Å². The Balaban J connectivity index is 1.50. The van der Waals surface area contributed by atoms with Crippen molar-refractivity contribution in [3.63, 3.8) is 0 Å². The second kappa shape index (κ2) is 11.8. The Bertz CT molecular complexity index is 1280. The first kappa shape index (κ1) is 25.4. The molecule has 3 rings (SSSR count). The maximum atomic E-state index is 13.2. The van der Waals surface area contributed by atoms with Crippen LogP contribution in [0.15, 0.2) is 65.8 Å². The molecular weight excluding hydrogens is 475 g/mol. The third kappa shape index (κ3) is 7.38. The highest BCUT2D eigenvalue weighted by atomic mass is 35.5. The first-order valence-corrected chi connectivity index (χ1v) is 10.8. The molecule has 0 saturated carbocycles. The monoisotopic (exact) mass is 496 g/mol. The first-order valence-electron chi connectivity index (χ1n) is 10.4. The van der Waals surface area contributed by atoms with Crippen LogP contribution in [-0.2, 0) is 14.4 Å². The topological polar surface area (TPSA) is 109 Å². The highest BCUT2D eigenvalue weighted by Crippen LogP contribution is 2.20. The Morgan fingerprint density at radius 1 is 0.971 bits per heavy atom. The second-order valence-electron chi connectivity index (χ2n) is 7.46. The van der Waals surface area contributed by atoms with E-state index in [1.165, 1.54) is 18.3 Å². The summed E-state index contributed by atoms with van der Waals surface area (Å²) in [5, 5.41) is 8.81. The molecule has 3 aromatic rings. The summed E-state index contributed by atoms with van der Waals surface area (Å²) in [5.74, 6) is -2.44. The van der Waals surface area contributed by atoms with E-state index >= 15 is 0 Å². The number of para-hydroxylation sites is 1. The minimum Gasteiger partial charge on any atom is -0.484 e. The van der Waals surface area contributed by atoms with Crippen LogP contribution in [0.4, 0.5) is 15.8 Å². The quantitative estimate of drug-likeness (QED) is 0.259. The van der Waals surface area contributed by atoms with Crippen molar-refractivity contribution >= 4 is 46.9 Å². The molecule has 3 aromatic carbocycles. The third-order valence-electron chi connectivity index (χ3n) is 4.74. The standard InChI is InChI=1S/C25H22ClFN4O4/c1-15-5-3-6-16(2)23(15)30-24(33)25(34)31-28-13-17-7-4-8-19(11-17)35-14-22(32)29-18-9-10-21(27)20(26)12-18/h3-13H,14H2,1-2H3,(H,29,32)(H,30,33)(H,31,34)/b28-13-. The molecule has 0 radical (unpaired) electrons. The largest absolute Gasteiger partial charge is 0.484 e. The van der Waals surface area contributed by atoms with E-state index in [9.17, 15) is 18.8 Å². The number of hydrogen-bond acceptors (Lipinski definition) is 5. The van der Waals surface area contributed by atoms with Crippen molar-refractivity contribution in [1.29, 1.82) is 0 Å². The van der Waals surface area contributed by atoms with Gasteiger partial charge in [0.1, 0.15) is 11.6 Å². The fourth-order valence-electron chi connectivity index (χ4n) is 3.00. The zero-order valence-electron chi connectivity index (χ0n) is 18.9. The molecule has 180 valence electrons. The number of halogens is 2. The predicted molar refractivity (Wildman–Crippen MR) is 132 cm³/mol. The van der Waals surface area contributed by atoms with Gasteiger partial charge in [-0.05, 0) is 60.9 Å². The van der Waals surface area contributed by atoms with Crippen LogP contribution in [0.3, 0.4) is 0 Å². The van der Waals surface area contributed by atoms with Crippen molar-refractivity contribution < 1.29 is 23.5 Å². The number of anilines is 2. The third-order valence-corrected chi connectivity index (χ3v) is 5.03. The van der Waals surface area contributed by atoms with Gasteiger partial charge in [0.25, 0.3) is 5.91 Å². The molecule has 35 heavy (non-hydrogen) atoms. The van der Waals surface area contributed by atoms with E-state index in [-0.39, 0.29) is 11.6 Å². The van der Waals surface area contributed by atoms with Gasteiger partial charge in [0.2, 0.25) is 0 Å². The second-order valence-corrected chi connectivity index (χ2v) is 7.87. The Kier molecular flexibility index (Phi) is 8.53. The Hall–Kier alpha value is -4.24. The van der Waals surface area contributed by atoms with Crippen molar-refractivity contribution in [3.8, 4) is 5.75 Å². The van der Waals surface area contributed by atoms with Crippen LogP contribution < -0.4 is 20.8 Å². The smallest absolute Gasteiger partial charge is 0.329 e. The van der Waals surface area contributed by atoms with Crippen molar-refractivity contribution in [3.05, 3.63) is 88.2 Å². The number of ether oxygens (including phenoxy) is 1. The molecule has 0 unspecified atom stereocenters. The first-order chi connectivity index (χ1) is 16.7. The van der Waals surface area contributed by atoms with Gasteiger partial charge in [-0.15, -0.1) is 0 Å². The van der Waals surface area contributed by atoms with Gasteiger partial charge in [0.15, 0.2) is 6.61 Å². The molecule has 0 aliphatic heterocycles. The summed E-state index contributed by atoms with van der Waals surface area (Å²) in [4.78, 5) is 36.3. The Morgan fingerprint density at radius 3 is 2.40 bits per heavy atom. The number of nitrogens with one attached hydrogen (secondary N) is 3. The van der Waals surface area contributed by atoms with E-state index < -0.39 is 23.5 Å². The van der Waals surface area contributed by atoms with Gasteiger partial charge in [-0.3, -0.25) is 14.4 Å². The lowest BCUT2D eigenvalue weighted by atomic mass is 10.1. The van der Waals surface area contributed by atoms with Gasteiger partial charge in [-0.2, -0.15) is 5.10 Å². The summed E-state index contributed by atoms with van der Waals surface area (Å²) in [6.07, 6.45) is 1.33. The van der Waals surface area contributed by atoms with Gasteiger partial charge in [-0.1, -0.05) is 41.9 Å². The van der Waals surface area contributed by atoms with Gasteiger partial charge in [0, 0.05) is 11.4 Å². The SMILES string of the molecule is Cc1cccc(C)c1NC(=O)C(=O)N/N=C\c1cccc(OCC(=O)Nc2ccc(F)c(Cl)c2)c1. The number of hydrogen-bond donors (Lipinski definition) is 3. The lowest BCUT2D eigenvalue weighted by Gasteiger charge is -2.10. The van der Waals surface area contributed by atoms with Crippen LogP contribution in [0.2, 0.25) is 5.02 Å². The number of amides is 3. The Labute approximate surface area is 206 Å². The molecule has 0 bridgehead atoms. The van der Waals surface area contributed by atoms with Crippen molar-refractivity contribution in [1.82, 2.24) is 5.43 Å². The molecule has 0 fully saturated rings. The van der Waals surface area contributed by atoms with Gasteiger partial charge >= 0.3 is 11.8 Å². The van der Waals surface area contributed by atoms with Crippen molar-refractivity contribution in [2.24, 2.45) is 5.10 Å². The summed E-state index contributed by atoms with van der Waals surface area (Å²) < 4.78 is 18.7. The van der Waals surface area contributed by atoms with Crippen LogP contribution in [0.25, 0.3) is 0 Å². The summed E-state index contributed by atoms with van der Waals surface area (Å²) >= 11 is 5.70. The van der Waals surface area contributed by atoms with Gasteiger partial charge in [-0.25, -0.2) is 9.82 Å². The zero-order valence-corrected chi connectivity index (χ0v) is 19.7. The Morgan fingerprint density at radius 2 is 1.69 bits per heavy atom. The number of rotatable bonds is 7. The number of carbonyl (C=O) groups is 3. The highest BCUT2D eigenvalue weighted by Gasteiger charge is 2.15. The fourth-order valence-corrected chi connectivity index (χ4v) is 3.18. The maximum absolute atomic E-state index is 13.2. The number of aryl methyl sites for hydroxylation is 2. The van der Waals surface area contributed by atoms with E-state index in [0.717, 1.165) is 17.2 Å². The number of nitrogens with zero attached hydrogens (tertiary/aromatic N) is 1. The van der Waals surface area contributed by atoms with Crippen LogP contribution >= 0.6 is 11.6 Å². The van der Waals surface area contributed by atoms with E-state index in [0.29, 0.717) is 22.7 Å². The van der Waals surface area contributed by atoms with Gasteiger partial charge < -0.3 is 15.4 Å². The molecule has 0 atom stereocenters. The fraction of sp³-hybridized carbons (Fsp3) is 0.120. The van der Waals surface area contributed by atoms with Crippen molar-refractivity contribution in [2.45, 2.75) is 13.8 Å².